The molecular formula is C44H39N5O2. The van der Waals surface area contributed by atoms with E-state index in [1.165, 1.54) is 11.1 Å². The van der Waals surface area contributed by atoms with Crippen molar-refractivity contribution in [2.45, 2.75) is 52.4 Å². The van der Waals surface area contributed by atoms with Crippen molar-refractivity contribution in [3.63, 3.8) is 0 Å². The van der Waals surface area contributed by atoms with E-state index >= 15 is 0 Å². The van der Waals surface area contributed by atoms with E-state index in [1.54, 1.807) is 0 Å². The average Bonchev–Trinajstić information content (AvgIpc) is 3.84. The van der Waals surface area contributed by atoms with Gasteiger partial charge in [0, 0.05) is 44.9 Å². The van der Waals surface area contributed by atoms with Crippen molar-refractivity contribution in [2.24, 2.45) is 0 Å². The SMILES string of the molecule is C#Cc1ccc(N(c2ccc(-c3nnc(-c4ccc(C(C)(C)C)cc4)o3)cc2)c2ccc(-c3nnc(-c4ccc(C(C)(C)C)cc4)o3)cc2)cc1. The van der Waals surface area contributed by atoms with E-state index in [9.17, 15) is 0 Å². The lowest BCUT2D eigenvalue weighted by molar-refractivity contribution is 0.582. The first kappa shape index (κ1) is 33.2. The van der Waals surface area contributed by atoms with Crippen LogP contribution in [0.15, 0.2) is 130 Å². The Balaban J connectivity index is 1.15. The minimum Gasteiger partial charge on any atom is -0.416 e. The van der Waals surface area contributed by atoms with E-state index in [4.69, 9.17) is 15.3 Å². The fourth-order valence-corrected chi connectivity index (χ4v) is 5.80. The maximum atomic E-state index is 6.11. The van der Waals surface area contributed by atoms with Crippen LogP contribution in [0.5, 0.6) is 0 Å². The molecule has 0 aliphatic carbocycles. The molecule has 7 heteroatoms. The minimum atomic E-state index is 0.0669. The maximum Gasteiger partial charge on any atom is 0.248 e. The van der Waals surface area contributed by atoms with E-state index in [-0.39, 0.29) is 10.8 Å². The summed E-state index contributed by atoms with van der Waals surface area (Å²) in [6, 6.07) is 40.5. The van der Waals surface area contributed by atoms with E-state index in [0.717, 1.165) is 44.9 Å². The van der Waals surface area contributed by atoms with Crippen molar-refractivity contribution in [3.8, 4) is 58.2 Å². The fourth-order valence-electron chi connectivity index (χ4n) is 5.80. The minimum absolute atomic E-state index is 0.0669. The second-order valence-corrected chi connectivity index (χ2v) is 14.6. The smallest absolute Gasteiger partial charge is 0.248 e. The predicted octanol–water partition coefficient (Wildman–Crippen LogP) is 11.2. The van der Waals surface area contributed by atoms with Crippen LogP contribution in [-0.4, -0.2) is 20.4 Å². The number of hydrogen-bond donors (Lipinski definition) is 0. The van der Waals surface area contributed by atoms with Crippen molar-refractivity contribution in [3.05, 3.63) is 138 Å². The second-order valence-electron chi connectivity index (χ2n) is 14.6. The van der Waals surface area contributed by atoms with Crippen LogP contribution < -0.4 is 4.90 Å². The molecule has 0 atom stereocenters. The van der Waals surface area contributed by atoms with Crippen LogP contribution in [0.1, 0.15) is 58.2 Å². The summed E-state index contributed by atoms with van der Waals surface area (Å²) in [6.07, 6.45) is 5.66. The van der Waals surface area contributed by atoms with E-state index in [1.807, 2.05) is 97.1 Å². The Bertz CT molecular complexity index is 2160. The second kappa shape index (κ2) is 13.2. The molecule has 0 saturated heterocycles. The van der Waals surface area contributed by atoms with Crippen LogP contribution in [0.3, 0.4) is 0 Å². The maximum absolute atomic E-state index is 6.11. The lowest BCUT2D eigenvalue weighted by atomic mass is 9.87. The molecule has 51 heavy (non-hydrogen) atoms. The largest absolute Gasteiger partial charge is 0.416 e. The zero-order chi connectivity index (χ0) is 35.8. The zero-order valence-electron chi connectivity index (χ0n) is 29.7. The first-order valence-electron chi connectivity index (χ1n) is 16.9. The van der Waals surface area contributed by atoms with Crippen LogP contribution in [-0.2, 0) is 10.8 Å². The van der Waals surface area contributed by atoms with E-state index < -0.39 is 0 Å². The third kappa shape index (κ3) is 7.08. The molecule has 5 aromatic carbocycles. The molecule has 0 fully saturated rings. The van der Waals surface area contributed by atoms with Gasteiger partial charge in [0.05, 0.1) is 0 Å². The highest BCUT2D eigenvalue weighted by molar-refractivity contribution is 5.79. The topological polar surface area (TPSA) is 81.1 Å². The molecule has 0 unspecified atom stereocenters. The van der Waals surface area contributed by atoms with Gasteiger partial charge in [-0.2, -0.15) is 0 Å². The average molecular weight is 670 g/mol. The molecule has 7 nitrogen and oxygen atoms in total. The van der Waals surface area contributed by atoms with Gasteiger partial charge in [-0.1, -0.05) is 71.7 Å². The molecular weight excluding hydrogens is 631 g/mol. The Morgan fingerprint density at radius 2 is 0.706 bits per heavy atom. The first-order chi connectivity index (χ1) is 24.5. The number of anilines is 3. The standard InChI is InChI=1S/C44H39N5O2/c1-8-29-9-23-36(24-10-29)49(37-25-15-32(16-26-37)41-47-45-39(50-41)30-11-19-34(20-12-30)43(2,3)4)38-27-17-33(18-28-38)42-48-46-40(51-42)31-13-21-35(22-14-31)44(5,6)7/h1,9-28H,2-7H3. The molecule has 0 amide bonds. The lowest BCUT2D eigenvalue weighted by Crippen LogP contribution is -2.10. The van der Waals surface area contributed by atoms with Gasteiger partial charge in [-0.25, -0.2) is 0 Å². The van der Waals surface area contributed by atoms with Crippen molar-refractivity contribution in [1.82, 2.24) is 20.4 Å². The van der Waals surface area contributed by atoms with Gasteiger partial charge in [-0.15, -0.1) is 26.8 Å². The van der Waals surface area contributed by atoms with E-state index in [2.05, 4.69) is 97.0 Å². The number of nitrogens with zero attached hydrogens (tertiary/aromatic N) is 5. The molecule has 7 rings (SSSR count). The Morgan fingerprint density at radius 1 is 0.431 bits per heavy atom. The molecule has 252 valence electrons. The molecule has 0 bridgehead atoms. The summed E-state index contributed by atoms with van der Waals surface area (Å²) in [5.41, 5.74) is 9.68. The van der Waals surface area contributed by atoms with Crippen LogP contribution >= 0.6 is 0 Å². The molecule has 2 aromatic heterocycles. The van der Waals surface area contributed by atoms with Gasteiger partial charge in [0.1, 0.15) is 0 Å². The van der Waals surface area contributed by atoms with Crippen molar-refractivity contribution in [2.75, 3.05) is 4.90 Å². The normalized spacial score (nSPS) is 11.7. The van der Waals surface area contributed by atoms with Gasteiger partial charge in [0.2, 0.25) is 23.6 Å². The molecule has 0 aliphatic rings. The Hall–Kier alpha value is -6.26. The zero-order valence-corrected chi connectivity index (χ0v) is 29.7. The highest BCUT2D eigenvalue weighted by atomic mass is 16.4. The molecule has 0 N–H and O–H groups in total. The number of hydrogen-bond acceptors (Lipinski definition) is 7. The third-order valence-electron chi connectivity index (χ3n) is 8.88. The van der Waals surface area contributed by atoms with Gasteiger partial charge >= 0.3 is 0 Å². The van der Waals surface area contributed by atoms with Gasteiger partial charge in [0.25, 0.3) is 0 Å². The summed E-state index contributed by atoms with van der Waals surface area (Å²) in [4.78, 5) is 2.15. The summed E-state index contributed by atoms with van der Waals surface area (Å²) in [6.45, 7) is 13.2. The van der Waals surface area contributed by atoms with Gasteiger partial charge < -0.3 is 13.7 Å². The number of aromatic nitrogens is 4. The van der Waals surface area contributed by atoms with Gasteiger partial charge in [0.15, 0.2) is 0 Å². The highest BCUT2D eigenvalue weighted by Gasteiger charge is 2.19. The molecule has 2 heterocycles. The number of rotatable bonds is 7. The molecule has 0 spiro atoms. The predicted molar refractivity (Wildman–Crippen MR) is 204 cm³/mol. The number of benzene rings is 5. The quantitative estimate of drug-likeness (QED) is 0.156. The molecule has 0 radical (unpaired) electrons. The van der Waals surface area contributed by atoms with Crippen LogP contribution in [0, 0.1) is 12.3 Å². The lowest BCUT2D eigenvalue weighted by Gasteiger charge is -2.25. The molecule has 0 aliphatic heterocycles. The third-order valence-corrected chi connectivity index (χ3v) is 8.88. The first-order valence-corrected chi connectivity index (χ1v) is 16.9. The Morgan fingerprint density at radius 3 is 0.980 bits per heavy atom. The monoisotopic (exact) mass is 669 g/mol. The number of terminal acetylenes is 1. The van der Waals surface area contributed by atoms with Crippen LogP contribution in [0.2, 0.25) is 0 Å². The van der Waals surface area contributed by atoms with Crippen molar-refractivity contribution >= 4 is 17.1 Å². The summed E-state index contributed by atoms with van der Waals surface area (Å²) < 4.78 is 12.2. The van der Waals surface area contributed by atoms with Crippen LogP contribution in [0.25, 0.3) is 45.8 Å². The summed E-state index contributed by atoms with van der Waals surface area (Å²) in [7, 11) is 0. The summed E-state index contributed by atoms with van der Waals surface area (Å²) in [5.74, 6) is 4.58. The Kier molecular flexibility index (Phi) is 8.62. The molecule has 0 saturated carbocycles. The van der Waals surface area contributed by atoms with Crippen LogP contribution in [0.4, 0.5) is 17.1 Å². The Labute approximate surface area is 299 Å². The van der Waals surface area contributed by atoms with E-state index in [0.29, 0.717) is 23.6 Å². The summed E-state index contributed by atoms with van der Waals surface area (Å²) in [5, 5.41) is 17.4. The van der Waals surface area contributed by atoms with Crippen molar-refractivity contribution in [1.29, 1.82) is 0 Å². The molecule has 7 aromatic rings. The van der Waals surface area contributed by atoms with Gasteiger partial charge in [-0.05, 0) is 119 Å². The highest BCUT2D eigenvalue weighted by Crippen LogP contribution is 2.37. The van der Waals surface area contributed by atoms with Gasteiger partial charge in [-0.3, -0.25) is 0 Å². The summed E-state index contributed by atoms with van der Waals surface area (Å²) >= 11 is 0. The van der Waals surface area contributed by atoms with Crippen molar-refractivity contribution < 1.29 is 8.83 Å². The fraction of sp³-hybridized carbons (Fsp3) is 0.182.